The fraction of sp³-hybridized carbons (Fsp3) is 0.288. The van der Waals surface area contributed by atoms with Gasteiger partial charge < -0.3 is 0 Å². The Morgan fingerprint density at radius 3 is 1.42 bits per heavy atom. The Morgan fingerprint density at radius 2 is 0.831 bits per heavy atom. The quantitative estimate of drug-likeness (QED) is 0.164. The topological polar surface area (TPSA) is 0 Å². The molecule has 0 amide bonds. The zero-order valence-corrected chi connectivity index (χ0v) is 37.9. The second-order valence-corrected chi connectivity index (χ2v) is 20.1. The molecule has 0 N–H and O–H groups in total. The predicted octanol–water partition coefficient (Wildman–Crippen LogP) is 16.5. The molecule has 9 rings (SSSR count). The standard InChI is InChI=1S/C30H36.C16H16.C13H12/c1-19-10-12-20(13-11-19)21-14-15-25-23(16-21)24-17-22(28(2,3)4)18-26(29(5,6)7)27(24)30(25,8)9;1-11-8-9-13-12-6-4-5-7-14(12)16(2,3)15(13)10-11;1-11-7-9-13(10-8-11)12-5-3-2-4-6-12/h10-18H,1-9H3;4-10H,1-3H3;2-10H,1H3. The lowest BCUT2D eigenvalue weighted by Crippen LogP contribution is -2.24. The summed E-state index contributed by atoms with van der Waals surface area (Å²) in [5, 5.41) is 0. The summed E-state index contributed by atoms with van der Waals surface area (Å²) >= 11 is 0. The number of hydrogen-bond donors (Lipinski definition) is 0. The Morgan fingerprint density at radius 1 is 0.339 bits per heavy atom. The normalized spacial score (nSPS) is 14.1. The van der Waals surface area contributed by atoms with E-state index in [4.69, 9.17) is 0 Å². The van der Waals surface area contributed by atoms with Gasteiger partial charge in [-0.3, -0.25) is 0 Å². The first-order valence-electron chi connectivity index (χ1n) is 21.5. The molecule has 0 unspecified atom stereocenters. The highest BCUT2D eigenvalue weighted by atomic mass is 14.4. The van der Waals surface area contributed by atoms with Crippen LogP contribution in [0.15, 0.2) is 152 Å². The summed E-state index contributed by atoms with van der Waals surface area (Å²) < 4.78 is 0. The van der Waals surface area contributed by atoms with E-state index in [2.05, 4.69) is 236 Å². The maximum Gasteiger partial charge on any atom is 0.0161 e. The van der Waals surface area contributed by atoms with E-state index in [0.717, 1.165) is 0 Å². The molecular formula is C59H64. The molecule has 7 aromatic carbocycles. The molecule has 300 valence electrons. The van der Waals surface area contributed by atoms with Gasteiger partial charge in [-0.05, 0) is 116 Å². The monoisotopic (exact) mass is 773 g/mol. The summed E-state index contributed by atoms with van der Waals surface area (Å²) in [5.41, 5.74) is 23.9. The van der Waals surface area contributed by atoms with Crippen LogP contribution >= 0.6 is 0 Å². The lowest BCUT2D eigenvalue weighted by molar-refractivity contribution is 0.545. The number of hydrogen-bond acceptors (Lipinski definition) is 0. The molecule has 0 atom stereocenters. The van der Waals surface area contributed by atoms with Crippen LogP contribution in [0.4, 0.5) is 0 Å². The van der Waals surface area contributed by atoms with E-state index in [1.165, 1.54) is 94.6 Å². The van der Waals surface area contributed by atoms with Gasteiger partial charge in [0.05, 0.1) is 0 Å². The molecule has 0 bridgehead atoms. The predicted molar refractivity (Wildman–Crippen MR) is 257 cm³/mol. The Labute approximate surface area is 356 Å². The van der Waals surface area contributed by atoms with Crippen LogP contribution in [0.25, 0.3) is 44.5 Å². The molecule has 0 aliphatic heterocycles. The van der Waals surface area contributed by atoms with Crippen molar-refractivity contribution in [1.29, 1.82) is 0 Å². The third kappa shape index (κ3) is 8.25. The lowest BCUT2D eigenvalue weighted by Gasteiger charge is -2.32. The van der Waals surface area contributed by atoms with Gasteiger partial charge in [0.25, 0.3) is 0 Å². The first-order valence-corrected chi connectivity index (χ1v) is 21.5. The molecule has 0 heteroatoms. The first-order chi connectivity index (χ1) is 27.8. The summed E-state index contributed by atoms with van der Waals surface area (Å²) in [7, 11) is 0. The van der Waals surface area contributed by atoms with Crippen molar-refractivity contribution in [3.8, 4) is 44.5 Å². The third-order valence-electron chi connectivity index (χ3n) is 12.7. The lowest BCUT2D eigenvalue weighted by atomic mass is 9.71. The number of benzene rings is 7. The van der Waals surface area contributed by atoms with Crippen molar-refractivity contribution in [3.63, 3.8) is 0 Å². The van der Waals surface area contributed by atoms with Gasteiger partial charge in [-0.15, -0.1) is 0 Å². The molecule has 2 aliphatic rings. The molecular weight excluding hydrogens is 709 g/mol. The molecule has 0 spiro atoms. The number of aryl methyl sites for hydroxylation is 3. The minimum Gasteiger partial charge on any atom is -0.0622 e. The Bertz CT molecular complexity index is 2600. The second-order valence-electron chi connectivity index (χ2n) is 20.1. The molecule has 59 heavy (non-hydrogen) atoms. The van der Waals surface area contributed by atoms with Crippen molar-refractivity contribution in [1.82, 2.24) is 0 Å². The van der Waals surface area contributed by atoms with Crippen molar-refractivity contribution in [2.45, 2.75) is 112 Å². The van der Waals surface area contributed by atoms with E-state index in [9.17, 15) is 0 Å². The summed E-state index contributed by atoms with van der Waals surface area (Å²) in [4.78, 5) is 0. The van der Waals surface area contributed by atoms with Gasteiger partial charge in [0.15, 0.2) is 0 Å². The molecule has 0 aromatic heterocycles. The zero-order valence-electron chi connectivity index (χ0n) is 37.9. The minimum atomic E-state index is 0.00942. The van der Waals surface area contributed by atoms with Crippen LogP contribution in [0.3, 0.4) is 0 Å². The molecule has 0 radical (unpaired) electrons. The van der Waals surface area contributed by atoms with Gasteiger partial charge in [-0.2, -0.15) is 0 Å². The fourth-order valence-electron chi connectivity index (χ4n) is 9.12. The van der Waals surface area contributed by atoms with Gasteiger partial charge in [0.1, 0.15) is 0 Å². The van der Waals surface area contributed by atoms with Crippen LogP contribution in [0, 0.1) is 20.8 Å². The van der Waals surface area contributed by atoms with Crippen LogP contribution in [0.5, 0.6) is 0 Å². The van der Waals surface area contributed by atoms with Gasteiger partial charge in [-0.25, -0.2) is 0 Å². The van der Waals surface area contributed by atoms with Crippen molar-refractivity contribution >= 4 is 0 Å². The Kier molecular flexibility index (Phi) is 11.0. The first kappa shape index (κ1) is 41.7. The van der Waals surface area contributed by atoms with Crippen molar-refractivity contribution in [3.05, 3.63) is 202 Å². The van der Waals surface area contributed by atoms with Crippen LogP contribution < -0.4 is 0 Å². The van der Waals surface area contributed by atoms with E-state index in [1.807, 2.05) is 6.07 Å². The highest BCUT2D eigenvalue weighted by Gasteiger charge is 2.41. The van der Waals surface area contributed by atoms with E-state index >= 15 is 0 Å². The van der Waals surface area contributed by atoms with Crippen LogP contribution in [-0.2, 0) is 21.7 Å². The van der Waals surface area contributed by atoms with Crippen molar-refractivity contribution in [2.24, 2.45) is 0 Å². The number of fused-ring (bicyclic) bond motifs is 6. The summed E-state index contributed by atoms with van der Waals surface area (Å²) in [6.45, 7) is 29.9. The van der Waals surface area contributed by atoms with Crippen LogP contribution in [0.2, 0.25) is 0 Å². The SMILES string of the molecule is Cc1ccc(-c2ccc3c(c2)-c2cc(C(C)(C)C)cc(C(C)(C)C)c2C3(C)C)cc1.Cc1ccc(-c2ccccc2)cc1.Cc1ccc2c(c1)C(C)(C)c1ccccc1-2. The highest BCUT2D eigenvalue weighted by Crippen LogP contribution is 2.54. The average Bonchev–Trinajstić information content (AvgIpc) is 3.57. The molecule has 7 aromatic rings. The average molecular weight is 773 g/mol. The summed E-state index contributed by atoms with van der Waals surface area (Å²) in [5.74, 6) is 0. The van der Waals surface area contributed by atoms with Gasteiger partial charge in [0.2, 0.25) is 0 Å². The fourth-order valence-corrected chi connectivity index (χ4v) is 9.12. The maximum absolute atomic E-state index is 2.48. The van der Waals surface area contributed by atoms with Gasteiger partial charge in [-0.1, -0.05) is 232 Å². The molecule has 2 aliphatic carbocycles. The maximum atomic E-state index is 2.48. The highest BCUT2D eigenvalue weighted by molar-refractivity contribution is 5.86. The zero-order chi connectivity index (χ0) is 42.5. The molecule has 0 saturated heterocycles. The summed E-state index contributed by atoms with van der Waals surface area (Å²) in [6, 6.07) is 55.5. The van der Waals surface area contributed by atoms with Gasteiger partial charge in [0, 0.05) is 10.8 Å². The van der Waals surface area contributed by atoms with Crippen LogP contribution in [-0.4, -0.2) is 0 Å². The van der Waals surface area contributed by atoms with E-state index in [1.54, 1.807) is 0 Å². The molecule has 0 fully saturated rings. The molecule has 0 nitrogen and oxygen atoms in total. The third-order valence-corrected chi connectivity index (χ3v) is 12.7. The molecule has 0 saturated carbocycles. The van der Waals surface area contributed by atoms with Crippen molar-refractivity contribution in [2.75, 3.05) is 0 Å². The Balaban J connectivity index is 0.000000151. The largest absolute Gasteiger partial charge is 0.0622 e. The van der Waals surface area contributed by atoms with E-state index in [0.29, 0.717) is 0 Å². The smallest absolute Gasteiger partial charge is 0.0161 e. The van der Waals surface area contributed by atoms with E-state index < -0.39 is 0 Å². The Hall–Kier alpha value is -5.46. The molecule has 0 heterocycles. The summed E-state index contributed by atoms with van der Waals surface area (Å²) in [6.07, 6.45) is 0. The van der Waals surface area contributed by atoms with E-state index in [-0.39, 0.29) is 21.7 Å². The minimum absolute atomic E-state index is 0.00942. The second kappa shape index (κ2) is 15.6. The van der Waals surface area contributed by atoms with Crippen molar-refractivity contribution < 1.29 is 0 Å². The number of rotatable bonds is 2. The van der Waals surface area contributed by atoms with Gasteiger partial charge >= 0.3 is 0 Å². The van der Waals surface area contributed by atoms with Crippen LogP contribution in [0.1, 0.15) is 119 Å².